The molecule has 1 fully saturated rings. The standard InChI is InChI=1S/C19H29N3O6S/c1-13-7-6-10-20-16(13)17(28-29(5,25)26)14-8-9-15(23)22(14)12-11-21-18(24)27-19(2,3)4/h6-7,10,14,17H,8-9,11-12H2,1-5H3,(H,21,24)/t14-,17+/m0/s1. The van der Waals surface area contributed by atoms with Gasteiger partial charge in [-0.25, -0.2) is 4.79 Å². The van der Waals surface area contributed by atoms with Gasteiger partial charge in [0, 0.05) is 25.7 Å². The Balaban J connectivity index is 2.16. The number of rotatable bonds is 7. The van der Waals surface area contributed by atoms with E-state index in [0.717, 1.165) is 11.8 Å². The average molecular weight is 428 g/mol. The van der Waals surface area contributed by atoms with Crippen LogP contribution in [0.5, 0.6) is 0 Å². The molecule has 0 aromatic carbocycles. The van der Waals surface area contributed by atoms with Gasteiger partial charge in [-0.3, -0.25) is 14.0 Å². The Bertz CT molecular complexity index is 850. The van der Waals surface area contributed by atoms with Crippen LogP contribution in [0.3, 0.4) is 0 Å². The predicted octanol–water partition coefficient (Wildman–Crippen LogP) is 1.92. The number of ether oxygens (including phenoxy) is 1. The second-order valence-electron chi connectivity index (χ2n) is 8.05. The monoisotopic (exact) mass is 427 g/mol. The Kier molecular flexibility index (Phi) is 7.23. The van der Waals surface area contributed by atoms with Gasteiger partial charge in [-0.05, 0) is 45.7 Å². The largest absolute Gasteiger partial charge is 0.444 e. The zero-order chi connectivity index (χ0) is 21.8. The summed E-state index contributed by atoms with van der Waals surface area (Å²) in [7, 11) is -3.79. The fraction of sp³-hybridized carbons (Fsp3) is 0.632. The number of likely N-dealkylation sites (tertiary alicyclic amines) is 1. The summed E-state index contributed by atoms with van der Waals surface area (Å²) in [5.41, 5.74) is 0.621. The normalized spacial score (nSPS) is 18.6. The van der Waals surface area contributed by atoms with Crippen molar-refractivity contribution in [1.29, 1.82) is 0 Å². The van der Waals surface area contributed by atoms with E-state index in [1.807, 2.05) is 13.0 Å². The van der Waals surface area contributed by atoms with Crippen LogP contribution in [-0.2, 0) is 23.8 Å². The average Bonchev–Trinajstić information content (AvgIpc) is 2.92. The summed E-state index contributed by atoms with van der Waals surface area (Å²) in [5, 5.41) is 2.62. The molecule has 0 spiro atoms. The van der Waals surface area contributed by atoms with Crippen LogP contribution in [0.15, 0.2) is 18.3 Å². The SMILES string of the molecule is Cc1cccnc1[C@H](OS(C)(=O)=O)[C@@H]1CCC(=O)N1CCNC(=O)OC(C)(C)C. The number of carbonyl (C=O) groups is 2. The molecule has 0 bridgehead atoms. The molecular weight excluding hydrogens is 398 g/mol. The van der Waals surface area contributed by atoms with E-state index >= 15 is 0 Å². The number of aryl methyl sites for hydroxylation is 1. The van der Waals surface area contributed by atoms with Gasteiger partial charge >= 0.3 is 6.09 Å². The summed E-state index contributed by atoms with van der Waals surface area (Å²) in [4.78, 5) is 30.1. The van der Waals surface area contributed by atoms with Crippen molar-refractivity contribution >= 4 is 22.1 Å². The third kappa shape index (κ3) is 6.97. The van der Waals surface area contributed by atoms with Gasteiger partial charge in [-0.2, -0.15) is 8.42 Å². The number of alkyl carbamates (subject to hydrolysis) is 1. The van der Waals surface area contributed by atoms with Crippen molar-refractivity contribution in [3.63, 3.8) is 0 Å². The number of carbonyl (C=O) groups excluding carboxylic acids is 2. The van der Waals surface area contributed by atoms with Crippen LogP contribution >= 0.6 is 0 Å². The van der Waals surface area contributed by atoms with Crippen molar-refractivity contribution < 1.29 is 26.9 Å². The van der Waals surface area contributed by atoms with Crippen LogP contribution in [0.25, 0.3) is 0 Å². The molecule has 2 heterocycles. The number of amides is 2. The lowest BCUT2D eigenvalue weighted by Crippen LogP contribution is -2.44. The van der Waals surface area contributed by atoms with E-state index in [9.17, 15) is 18.0 Å². The highest BCUT2D eigenvalue weighted by Gasteiger charge is 2.40. The molecule has 2 amide bonds. The molecule has 1 aliphatic rings. The predicted molar refractivity (Wildman–Crippen MR) is 107 cm³/mol. The molecule has 0 unspecified atom stereocenters. The van der Waals surface area contributed by atoms with E-state index in [2.05, 4.69) is 10.3 Å². The van der Waals surface area contributed by atoms with Crippen molar-refractivity contribution in [3.8, 4) is 0 Å². The molecule has 1 N–H and O–H groups in total. The minimum atomic E-state index is -3.79. The third-order valence-corrected chi connectivity index (χ3v) is 4.90. The maximum Gasteiger partial charge on any atom is 0.407 e. The van der Waals surface area contributed by atoms with Crippen LogP contribution in [0, 0.1) is 6.92 Å². The highest BCUT2D eigenvalue weighted by atomic mass is 32.2. The summed E-state index contributed by atoms with van der Waals surface area (Å²) >= 11 is 0. The third-order valence-electron chi connectivity index (χ3n) is 4.34. The van der Waals surface area contributed by atoms with Crippen LogP contribution in [0.4, 0.5) is 4.79 Å². The lowest BCUT2D eigenvalue weighted by Gasteiger charge is -2.31. The van der Waals surface area contributed by atoms with Crippen molar-refractivity contribution in [2.75, 3.05) is 19.3 Å². The molecule has 10 heteroatoms. The van der Waals surface area contributed by atoms with E-state index in [4.69, 9.17) is 8.92 Å². The first kappa shape index (κ1) is 23.1. The Morgan fingerprint density at radius 1 is 1.41 bits per heavy atom. The van der Waals surface area contributed by atoms with E-state index < -0.39 is 34.0 Å². The second-order valence-corrected chi connectivity index (χ2v) is 9.65. The Morgan fingerprint density at radius 3 is 2.69 bits per heavy atom. The quantitative estimate of drug-likeness (QED) is 0.661. The van der Waals surface area contributed by atoms with Crippen LogP contribution in [0.2, 0.25) is 0 Å². The molecule has 162 valence electrons. The first-order valence-electron chi connectivity index (χ1n) is 9.43. The molecular formula is C19H29N3O6S. The topological polar surface area (TPSA) is 115 Å². The van der Waals surface area contributed by atoms with Crippen LogP contribution in [0.1, 0.15) is 51.0 Å². The summed E-state index contributed by atoms with van der Waals surface area (Å²) in [6.07, 6.45) is 1.74. The van der Waals surface area contributed by atoms with Crippen molar-refractivity contribution in [2.45, 2.75) is 58.3 Å². The lowest BCUT2D eigenvalue weighted by molar-refractivity contribution is -0.130. The lowest BCUT2D eigenvalue weighted by atomic mass is 10.0. The molecule has 0 saturated carbocycles. The van der Waals surface area contributed by atoms with Gasteiger partial charge in [0.2, 0.25) is 5.91 Å². The molecule has 1 aromatic heterocycles. The minimum Gasteiger partial charge on any atom is -0.444 e. The van der Waals surface area contributed by atoms with Gasteiger partial charge in [0.05, 0.1) is 18.0 Å². The molecule has 0 aliphatic carbocycles. The van der Waals surface area contributed by atoms with E-state index in [0.29, 0.717) is 12.1 Å². The van der Waals surface area contributed by atoms with Crippen LogP contribution in [-0.4, -0.2) is 61.3 Å². The van der Waals surface area contributed by atoms with E-state index in [-0.39, 0.29) is 25.4 Å². The second kappa shape index (κ2) is 9.08. The smallest absolute Gasteiger partial charge is 0.407 e. The van der Waals surface area contributed by atoms with Gasteiger partial charge in [0.25, 0.3) is 10.1 Å². The Morgan fingerprint density at radius 2 is 2.10 bits per heavy atom. The molecule has 9 nitrogen and oxygen atoms in total. The summed E-state index contributed by atoms with van der Waals surface area (Å²) in [5.74, 6) is -0.128. The molecule has 1 aliphatic heterocycles. The first-order chi connectivity index (χ1) is 13.4. The molecule has 1 saturated heterocycles. The zero-order valence-corrected chi connectivity index (χ0v) is 18.3. The van der Waals surface area contributed by atoms with Gasteiger partial charge in [-0.1, -0.05) is 6.07 Å². The number of nitrogens with zero attached hydrogens (tertiary/aromatic N) is 2. The number of pyridine rings is 1. The summed E-state index contributed by atoms with van der Waals surface area (Å²) in [6.45, 7) is 7.47. The van der Waals surface area contributed by atoms with Crippen molar-refractivity contribution in [3.05, 3.63) is 29.6 Å². The molecule has 0 radical (unpaired) electrons. The maximum absolute atomic E-state index is 12.4. The maximum atomic E-state index is 12.4. The van der Waals surface area contributed by atoms with E-state index in [1.54, 1.807) is 37.9 Å². The van der Waals surface area contributed by atoms with Gasteiger partial charge in [-0.15, -0.1) is 0 Å². The van der Waals surface area contributed by atoms with Gasteiger partial charge in [0.15, 0.2) is 0 Å². The number of aromatic nitrogens is 1. The Labute approximate surface area is 171 Å². The Hall–Kier alpha value is -2.20. The fourth-order valence-corrected chi connectivity index (χ4v) is 3.83. The first-order valence-corrected chi connectivity index (χ1v) is 11.2. The molecule has 2 atom stereocenters. The number of hydrogen-bond acceptors (Lipinski definition) is 7. The van der Waals surface area contributed by atoms with Gasteiger partial charge < -0.3 is 15.0 Å². The fourth-order valence-electron chi connectivity index (χ4n) is 3.23. The molecule has 1 aromatic rings. The molecule has 29 heavy (non-hydrogen) atoms. The zero-order valence-electron chi connectivity index (χ0n) is 17.5. The van der Waals surface area contributed by atoms with Gasteiger partial charge in [0.1, 0.15) is 11.7 Å². The number of nitrogens with one attached hydrogen (secondary N) is 1. The van der Waals surface area contributed by atoms with E-state index in [1.165, 1.54) is 0 Å². The van der Waals surface area contributed by atoms with Crippen molar-refractivity contribution in [1.82, 2.24) is 15.2 Å². The number of hydrogen-bond donors (Lipinski definition) is 1. The summed E-state index contributed by atoms with van der Waals surface area (Å²) < 4.78 is 34.3. The van der Waals surface area contributed by atoms with Crippen LogP contribution < -0.4 is 5.32 Å². The highest BCUT2D eigenvalue weighted by molar-refractivity contribution is 7.86. The van der Waals surface area contributed by atoms with Crippen molar-refractivity contribution in [2.24, 2.45) is 0 Å². The highest BCUT2D eigenvalue weighted by Crippen LogP contribution is 2.34. The minimum absolute atomic E-state index is 0.128. The molecule has 2 rings (SSSR count). The summed E-state index contributed by atoms with van der Waals surface area (Å²) in [6, 6.07) is 3.05.